The molecule has 0 aliphatic carbocycles. The zero-order valence-electron chi connectivity index (χ0n) is 11.8. The molecule has 2 rings (SSSR count). The van der Waals surface area contributed by atoms with Gasteiger partial charge < -0.3 is 15.0 Å². The molecule has 0 fully saturated rings. The van der Waals surface area contributed by atoms with Crippen molar-refractivity contribution in [1.82, 2.24) is 10.3 Å². The topological polar surface area (TPSA) is 77.9 Å². The first-order valence-electron chi connectivity index (χ1n) is 6.36. The van der Waals surface area contributed by atoms with Crippen LogP contribution in [0.5, 0.6) is 5.75 Å². The number of ether oxygens (including phenoxy) is 1. The van der Waals surface area contributed by atoms with Gasteiger partial charge in [-0.1, -0.05) is 0 Å². The number of aromatic amines is 1. The summed E-state index contributed by atoms with van der Waals surface area (Å²) in [5.74, 6) is 0.779. The predicted octanol–water partition coefficient (Wildman–Crippen LogP) is 1.50. The average Bonchev–Trinajstić information content (AvgIpc) is 2.44. The summed E-state index contributed by atoms with van der Waals surface area (Å²) < 4.78 is 5.29. The van der Waals surface area contributed by atoms with Crippen LogP contribution in [0.1, 0.15) is 11.1 Å². The quantitative estimate of drug-likeness (QED) is 0.883. The van der Waals surface area contributed by atoms with Gasteiger partial charge in [0.05, 0.1) is 19.2 Å². The molecule has 0 spiro atoms. The van der Waals surface area contributed by atoms with E-state index in [1.165, 1.54) is 0 Å². The molecule has 20 heavy (non-hydrogen) atoms. The maximum atomic E-state index is 12.0. The zero-order chi connectivity index (χ0) is 14.7. The maximum absolute atomic E-state index is 12.0. The van der Waals surface area contributed by atoms with Gasteiger partial charge >= 0.3 is 0 Å². The van der Waals surface area contributed by atoms with E-state index in [9.17, 15) is 4.79 Å². The zero-order valence-corrected chi connectivity index (χ0v) is 11.8. The molecule has 0 unspecified atom stereocenters. The van der Waals surface area contributed by atoms with Crippen LogP contribution in [0.4, 0.5) is 0 Å². The first-order chi connectivity index (χ1) is 9.58. The van der Waals surface area contributed by atoms with E-state index in [-0.39, 0.29) is 11.6 Å². The van der Waals surface area contributed by atoms with Crippen LogP contribution in [-0.4, -0.2) is 25.2 Å². The molecule has 5 heteroatoms. The number of nitriles is 1. The van der Waals surface area contributed by atoms with Crippen molar-refractivity contribution < 1.29 is 4.74 Å². The Labute approximate surface area is 117 Å². The van der Waals surface area contributed by atoms with Gasteiger partial charge in [0.1, 0.15) is 5.75 Å². The molecule has 0 saturated heterocycles. The number of rotatable bonds is 4. The smallest absolute Gasteiger partial charge is 0.251 e. The van der Waals surface area contributed by atoms with E-state index in [4.69, 9.17) is 10.00 Å². The number of H-pyrrole nitrogens is 1. The van der Waals surface area contributed by atoms with Crippen molar-refractivity contribution in [3.05, 3.63) is 39.7 Å². The number of benzene rings is 1. The Morgan fingerprint density at radius 2 is 2.20 bits per heavy atom. The Morgan fingerprint density at radius 3 is 2.80 bits per heavy atom. The predicted molar refractivity (Wildman–Crippen MR) is 78.0 cm³/mol. The number of aromatic nitrogens is 1. The van der Waals surface area contributed by atoms with Gasteiger partial charge in [-0.2, -0.15) is 5.26 Å². The van der Waals surface area contributed by atoms with E-state index in [1.54, 1.807) is 14.2 Å². The Kier molecular flexibility index (Phi) is 4.06. The lowest BCUT2D eigenvalue weighted by Gasteiger charge is -2.10. The van der Waals surface area contributed by atoms with E-state index < -0.39 is 0 Å². The van der Waals surface area contributed by atoms with E-state index in [2.05, 4.69) is 16.4 Å². The number of nitrogens with one attached hydrogen (secondary N) is 2. The van der Waals surface area contributed by atoms with Crippen molar-refractivity contribution >= 4 is 10.9 Å². The Balaban J connectivity index is 2.53. The lowest BCUT2D eigenvalue weighted by molar-refractivity contribution is 0.412. The number of nitrogens with zero attached hydrogens (tertiary/aromatic N) is 1. The number of pyridine rings is 1. The van der Waals surface area contributed by atoms with Crippen molar-refractivity contribution in [3.63, 3.8) is 0 Å². The summed E-state index contributed by atoms with van der Waals surface area (Å²) in [6, 6.07) is 7.34. The van der Waals surface area contributed by atoms with Crippen LogP contribution >= 0.6 is 0 Å². The summed E-state index contributed by atoms with van der Waals surface area (Å²) in [7, 11) is 3.32. The van der Waals surface area contributed by atoms with Crippen LogP contribution < -0.4 is 15.6 Å². The van der Waals surface area contributed by atoms with E-state index in [1.807, 2.05) is 25.1 Å². The molecular weight excluding hydrogens is 254 g/mol. The highest BCUT2D eigenvalue weighted by Gasteiger charge is 2.11. The van der Waals surface area contributed by atoms with Crippen LogP contribution in [0.25, 0.3) is 10.9 Å². The van der Waals surface area contributed by atoms with Gasteiger partial charge in [-0.15, -0.1) is 0 Å². The van der Waals surface area contributed by atoms with Gasteiger partial charge in [0.2, 0.25) is 0 Å². The largest absolute Gasteiger partial charge is 0.496 e. The van der Waals surface area contributed by atoms with E-state index in [0.29, 0.717) is 12.0 Å². The first-order valence-corrected chi connectivity index (χ1v) is 6.36. The number of likely N-dealkylation sites (N-methyl/N-ethyl adjacent to an activating group) is 1. The maximum Gasteiger partial charge on any atom is 0.251 e. The molecule has 0 aliphatic heterocycles. The molecule has 0 amide bonds. The fourth-order valence-electron chi connectivity index (χ4n) is 2.19. The van der Waals surface area contributed by atoms with Crippen molar-refractivity contribution in [2.24, 2.45) is 0 Å². The Hall–Kier alpha value is -2.32. The molecule has 2 aromatic rings. The van der Waals surface area contributed by atoms with Crippen molar-refractivity contribution in [1.29, 1.82) is 5.26 Å². The summed E-state index contributed by atoms with van der Waals surface area (Å²) in [5.41, 5.74) is 2.17. The first kappa shape index (κ1) is 14.1. The van der Waals surface area contributed by atoms with Gasteiger partial charge in [-0.05, 0) is 37.7 Å². The lowest BCUT2D eigenvalue weighted by Crippen LogP contribution is -2.28. The average molecular weight is 271 g/mol. The van der Waals surface area contributed by atoms with Crippen molar-refractivity contribution in [3.8, 4) is 11.8 Å². The molecule has 0 saturated carbocycles. The molecule has 1 atom stereocenters. The number of aryl methyl sites for hydroxylation is 1. The lowest BCUT2D eigenvalue weighted by atomic mass is 10.0. The highest BCUT2D eigenvalue weighted by Crippen LogP contribution is 2.23. The summed E-state index contributed by atoms with van der Waals surface area (Å²) in [4.78, 5) is 14.9. The van der Waals surface area contributed by atoms with Crippen molar-refractivity contribution in [2.45, 2.75) is 19.4 Å². The molecule has 0 bridgehead atoms. The second kappa shape index (κ2) is 5.76. The number of hydrogen-bond donors (Lipinski definition) is 2. The van der Waals surface area contributed by atoms with Crippen LogP contribution in [0.15, 0.2) is 23.0 Å². The standard InChI is InChI=1S/C15H17N3O2/c1-9-4-13-10(7-14(9)20-3)5-11(15(19)18-13)6-12(8-16)17-2/h4-5,7,12,17H,6H2,1-3H3,(H,18,19)/t12-/m0/s1. The molecule has 0 aliphatic rings. The number of hydrogen-bond acceptors (Lipinski definition) is 4. The minimum absolute atomic E-state index is 0.155. The fraction of sp³-hybridized carbons (Fsp3) is 0.333. The highest BCUT2D eigenvalue weighted by atomic mass is 16.5. The molecule has 1 heterocycles. The molecular formula is C15H17N3O2. The summed E-state index contributed by atoms with van der Waals surface area (Å²) in [6.07, 6.45) is 0.370. The molecule has 104 valence electrons. The van der Waals surface area contributed by atoms with Gasteiger partial charge in [0.15, 0.2) is 0 Å². The third-order valence-electron chi connectivity index (χ3n) is 3.36. The van der Waals surface area contributed by atoms with Crippen molar-refractivity contribution in [2.75, 3.05) is 14.2 Å². The van der Waals surface area contributed by atoms with Gasteiger partial charge in [0.25, 0.3) is 5.56 Å². The molecule has 2 N–H and O–H groups in total. The van der Waals surface area contributed by atoms with Crippen LogP contribution in [0, 0.1) is 18.3 Å². The summed E-state index contributed by atoms with van der Waals surface area (Å²) >= 11 is 0. The summed E-state index contributed by atoms with van der Waals surface area (Å²) in [5, 5.41) is 12.7. The van der Waals surface area contributed by atoms with Gasteiger partial charge in [0, 0.05) is 22.9 Å². The molecule has 1 aromatic carbocycles. The normalized spacial score (nSPS) is 12.1. The fourth-order valence-corrected chi connectivity index (χ4v) is 2.19. The second-order valence-corrected chi connectivity index (χ2v) is 4.71. The highest BCUT2D eigenvalue weighted by molar-refractivity contribution is 5.81. The SMILES string of the molecule is CN[C@H](C#N)Cc1cc2cc(OC)c(C)cc2[nH]c1=O. The third-order valence-corrected chi connectivity index (χ3v) is 3.36. The Bertz CT molecular complexity index is 728. The van der Waals surface area contributed by atoms with Gasteiger partial charge in [-0.25, -0.2) is 0 Å². The number of methoxy groups -OCH3 is 1. The molecule has 0 radical (unpaired) electrons. The Morgan fingerprint density at radius 1 is 1.45 bits per heavy atom. The second-order valence-electron chi connectivity index (χ2n) is 4.71. The number of fused-ring (bicyclic) bond motifs is 1. The van der Waals surface area contributed by atoms with Crippen LogP contribution in [-0.2, 0) is 6.42 Å². The molecule has 5 nitrogen and oxygen atoms in total. The van der Waals surface area contributed by atoms with Crippen LogP contribution in [0.2, 0.25) is 0 Å². The van der Waals surface area contributed by atoms with E-state index in [0.717, 1.165) is 22.2 Å². The van der Waals surface area contributed by atoms with E-state index >= 15 is 0 Å². The van der Waals surface area contributed by atoms with Crippen LogP contribution in [0.3, 0.4) is 0 Å². The minimum Gasteiger partial charge on any atom is -0.496 e. The monoisotopic (exact) mass is 271 g/mol. The van der Waals surface area contributed by atoms with Gasteiger partial charge in [-0.3, -0.25) is 4.79 Å². The minimum atomic E-state index is -0.374. The summed E-state index contributed by atoms with van der Waals surface area (Å²) in [6.45, 7) is 1.93. The third kappa shape index (κ3) is 2.65. The molecule has 1 aromatic heterocycles.